The number of hydrogen-bond donors (Lipinski definition) is 1. The minimum Gasteiger partial charge on any atom is -0.478 e. The van der Waals surface area contributed by atoms with Crippen molar-refractivity contribution >= 4 is 0 Å². The van der Waals surface area contributed by atoms with Crippen LogP contribution in [0.4, 0.5) is 0 Å². The van der Waals surface area contributed by atoms with Crippen LogP contribution in [-0.4, -0.2) is 11.7 Å². The van der Waals surface area contributed by atoms with Gasteiger partial charge in [-0.1, -0.05) is 12.1 Å². The Balaban J connectivity index is 2.33. The molecule has 0 radical (unpaired) electrons. The van der Waals surface area contributed by atoms with Crippen LogP contribution in [0.3, 0.4) is 0 Å². The molecule has 1 N–H and O–H groups in total. The number of ether oxygens (including phenoxy) is 1. The zero-order chi connectivity index (χ0) is 9.97. The van der Waals surface area contributed by atoms with Crippen LogP contribution < -0.4 is 4.74 Å². The van der Waals surface area contributed by atoms with Gasteiger partial charge in [-0.3, -0.25) is 0 Å². The minimum absolute atomic E-state index is 0.0309. The van der Waals surface area contributed by atoms with E-state index >= 15 is 0 Å². The molecule has 14 heavy (non-hydrogen) atoms. The Morgan fingerprint density at radius 3 is 3.21 bits per heavy atom. The average molecular weight is 189 g/mol. The van der Waals surface area contributed by atoms with Crippen LogP contribution in [0.15, 0.2) is 18.2 Å². The Kier molecular flexibility index (Phi) is 2.38. The summed E-state index contributed by atoms with van der Waals surface area (Å²) in [7, 11) is 0. The molecule has 0 spiro atoms. The summed E-state index contributed by atoms with van der Waals surface area (Å²) in [4.78, 5) is 0. The molecular weight excluding hydrogens is 178 g/mol. The molecule has 0 amide bonds. The topological polar surface area (TPSA) is 53.2 Å². The molecule has 0 heterocycles. The Hall–Kier alpha value is -1.53. The summed E-state index contributed by atoms with van der Waals surface area (Å²) in [5.41, 5.74) is 2.00. The maximum atomic E-state index is 9.70. The number of nitrogens with zero attached hydrogens (tertiary/aromatic N) is 1. The molecule has 3 heteroatoms. The van der Waals surface area contributed by atoms with E-state index in [1.165, 1.54) is 0 Å². The van der Waals surface area contributed by atoms with E-state index in [9.17, 15) is 5.11 Å². The summed E-state index contributed by atoms with van der Waals surface area (Å²) in [6.45, 7) is 0.0309. The normalized spacial score (nSPS) is 18.7. The van der Waals surface area contributed by atoms with Crippen molar-refractivity contribution < 1.29 is 9.84 Å². The van der Waals surface area contributed by atoms with E-state index in [1.807, 2.05) is 18.2 Å². The predicted octanol–water partition coefficient (Wildman–Crippen LogP) is 1.57. The molecule has 1 aliphatic rings. The molecule has 3 nitrogen and oxygen atoms in total. The van der Waals surface area contributed by atoms with Crippen molar-refractivity contribution in [3.05, 3.63) is 29.3 Å². The van der Waals surface area contributed by atoms with Crippen molar-refractivity contribution in [2.24, 2.45) is 0 Å². The number of nitriles is 1. The van der Waals surface area contributed by atoms with Gasteiger partial charge in [-0.2, -0.15) is 5.26 Å². The lowest BCUT2D eigenvalue weighted by atomic mass is 10.1. The number of aliphatic hydroxyl groups is 1. The largest absolute Gasteiger partial charge is 0.478 e. The van der Waals surface area contributed by atoms with Gasteiger partial charge in [-0.05, 0) is 24.5 Å². The van der Waals surface area contributed by atoms with Gasteiger partial charge < -0.3 is 9.84 Å². The first-order valence-corrected chi connectivity index (χ1v) is 4.62. The maximum Gasteiger partial charge on any atom is 0.174 e. The smallest absolute Gasteiger partial charge is 0.174 e. The van der Waals surface area contributed by atoms with E-state index in [1.54, 1.807) is 6.07 Å². The average Bonchev–Trinajstić information content (AvgIpc) is 2.58. The van der Waals surface area contributed by atoms with Crippen molar-refractivity contribution in [1.82, 2.24) is 0 Å². The quantitative estimate of drug-likeness (QED) is 0.768. The van der Waals surface area contributed by atoms with Crippen LogP contribution in [0.25, 0.3) is 0 Å². The summed E-state index contributed by atoms with van der Waals surface area (Å²) < 4.78 is 5.25. The Morgan fingerprint density at radius 2 is 2.43 bits per heavy atom. The fourth-order valence-corrected chi connectivity index (χ4v) is 1.86. The zero-order valence-electron chi connectivity index (χ0n) is 7.73. The fraction of sp³-hybridized carbons (Fsp3) is 0.364. The number of rotatable bonds is 2. The molecule has 0 saturated heterocycles. The van der Waals surface area contributed by atoms with E-state index in [2.05, 4.69) is 0 Å². The Bertz CT molecular complexity index is 381. The number of hydrogen-bond acceptors (Lipinski definition) is 3. The van der Waals surface area contributed by atoms with E-state index < -0.39 is 6.10 Å². The number of aliphatic hydroxyl groups excluding tert-OH is 1. The third-order valence-corrected chi connectivity index (χ3v) is 2.47. The lowest BCUT2D eigenvalue weighted by Gasteiger charge is -2.10. The summed E-state index contributed by atoms with van der Waals surface area (Å²) in [5, 5.41) is 18.1. The van der Waals surface area contributed by atoms with E-state index in [0.29, 0.717) is 5.75 Å². The number of benzene rings is 1. The SMILES string of the molecule is N#CCOc1cccc2c1[C@@H](O)CC2. The van der Waals surface area contributed by atoms with Crippen LogP contribution in [0.2, 0.25) is 0 Å². The second kappa shape index (κ2) is 3.69. The summed E-state index contributed by atoms with van der Waals surface area (Å²) in [6.07, 6.45) is 1.21. The fourth-order valence-electron chi connectivity index (χ4n) is 1.86. The molecule has 0 aromatic heterocycles. The summed E-state index contributed by atoms with van der Waals surface area (Å²) >= 11 is 0. The maximum absolute atomic E-state index is 9.70. The molecule has 1 aliphatic carbocycles. The van der Waals surface area contributed by atoms with Gasteiger partial charge in [0.15, 0.2) is 6.61 Å². The first-order chi connectivity index (χ1) is 6.83. The van der Waals surface area contributed by atoms with Gasteiger partial charge in [0.05, 0.1) is 6.10 Å². The second-order valence-electron chi connectivity index (χ2n) is 3.33. The molecule has 0 aliphatic heterocycles. The van der Waals surface area contributed by atoms with Gasteiger partial charge in [-0.25, -0.2) is 0 Å². The first kappa shape index (κ1) is 9.04. The van der Waals surface area contributed by atoms with Crippen LogP contribution in [-0.2, 0) is 6.42 Å². The van der Waals surface area contributed by atoms with Gasteiger partial charge in [-0.15, -0.1) is 0 Å². The third kappa shape index (κ3) is 1.45. The number of fused-ring (bicyclic) bond motifs is 1. The molecule has 72 valence electrons. The molecule has 1 aromatic carbocycles. The van der Waals surface area contributed by atoms with Crippen LogP contribution >= 0.6 is 0 Å². The molecule has 2 rings (SSSR count). The monoisotopic (exact) mass is 189 g/mol. The highest BCUT2D eigenvalue weighted by atomic mass is 16.5. The van der Waals surface area contributed by atoms with Gasteiger partial charge in [0, 0.05) is 5.56 Å². The summed E-state index contributed by atoms with van der Waals surface area (Å²) in [5.74, 6) is 0.647. The van der Waals surface area contributed by atoms with Crippen LogP contribution in [0, 0.1) is 11.3 Å². The number of aryl methyl sites for hydroxylation is 1. The van der Waals surface area contributed by atoms with Gasteiger partial charge >= 0.3 is 0 Å². The lowest BCUT2D eigenvalue weighted by molar-refractivity contribution is 0.175. The van der Waals surface area contributed by atoms with E-state index in [-0.39, 0.29) is 6.61 Å². The first-order valence-electron chi connectivity index (χ1n) is 4.62. The highest BCUT2D eigenvalue weighted by Gasteiger charge is 2.23. The molecule has 0 unspecified atom stereocenters. The lowest BCUT2D eigenvalue weighted by Crippen LogP contribution is -2.00. The third-order valence-electron chi connectivity index (χ3n) is 2.47. The standard InChI is InChI=1S/C11H11NO2/c12-6-7-14-10-3-1-2-8-4-5-9(13)11(8)10/h1-3,9,13H,4-5,7H2/t9-/m0/s1. The van der Waals surface area contributed by atoms with E-state index in [4.69, 9.17) is 10.00 Å². The van der Waals surface area contributed by atoms with Crippen molar-refractivity contribution in [3.63, 3.8) is 0 Å². The molecule has 1 atom stereocenters. The minimum atomic E-state index is -0.431. The van der Waals surface area contributed by atoms with Crippen LogP contribution in [0.1, 0.15) is 23.7 Å². The highest BCUT2D eigenvalue weighted by Crippen LogP contribution is 2.37. The zero-order valence-corrected chi connectivity index (χ0v) is 7.73. The molecule has 0 saturated carbocycles. The van der Waals surface area contributed by atoms with Gasteiger partial charge in [0.25, 0.3) is 0 Å². The Morgan fingerprint density at radius 1 is 1.57 bits per heavy atom. The van der Waals surface area contributed by atoms with Gasteiger partial charge in [0.1, 0.15) is 11.8 Å². The molecular formula is C11H11NO2. The predicted molar refractivity (Wildman–Crippen MR) is 50.8 cm³/mol. The van der Waals surface area contributed by atoms with Crippen molar-refractivity contribution in [3.8, 4) is 11.8 Å². The van der Waals surface area contributed by atoms with Crippen molar-refractivity contribution in [1.29, 1.82) is 5.26 Å². The highest BCUT2D eigenvalue weighted by molar-refractivity contribution is 5.44. The second-order valence-corrected chi connectivity index (χ2v) is 3.33. The summed E-state index contributed by atoms with van der Waals surface area (Å²) in [6, 6.07) is 7.60. The Labute approximate surface area is 82.6 Å². The van der Waals surface area contributed by atoms with E-state index in [0.717, 1.165) is 24.0 Å². The molecule has 0 fully saturated rings. The van der Waals surface area contributed by atoms with Gasteiger partial charge in [0.2, 0.25) is 0 Å². The van der Waals surface area contributed by atoms with Crippen LogP contribution in [0.5, 0.6) is 5.75 Å². The van der Waals surface area contributed by atoms with Crippen molar-refractivity contribution in [2.75, 3.05) is 6.61 Å². The van der Waals surface area contributed by atoms with Crippen molar-refractivity contribution in [2.45, 2.75) is 18.9 Å². The molecule has 1 aromatic rings. The molecule has 0 bridgehead atoms.